The summed E-state index contributed by atoms with van der Waals surface area (Å²) < 4.78 is 2.22. The molecule has 5 nitrogen and oxygen atoms in total. The zero-order chi connectivity index (χ0) is 33.1. The van der Waals surface area contributed by atoms with Crippen molar-refractivity contribution in [2.45, 2.75) is 168 Å². The molecule has 2 N–H and O–H groups in total. The van der Waals surface area contributed by atoms with E-state index < -0.39 is 12.1 Å². The van der Waals surface area contributed by atoms with Crippen LogP contribution in [0.5, 0.6) is 0 Å². The van der Waals surface area contributed by atoms with E-state index >= 15 is 0 Å². The fraction of sp³-hybridized carbons (Fsp3) is 0.821. The van der Waals surface area contributed by atoms with E-state index in [4.69, 9.17) is 10.2 Å². The van der Waals surface area contributed by atoms with Crippen molar-refractivity contribution in [2.75, 3.05) is 41.3 Å². The van der Waals surface area contributed by atoms with Crippen LogP contribution in [0, 0.1) is 0 Å². The molecule has 5 heteroatoms. The number of quaternary nitrogens is 2. The summed E-state index contributed by atoms with van der Waals surface area (Å²) in [4.78, 5) is 9.45. The summed E-state index contributed by atoms with van der Waals surface area (Å²) in [5.41, 5.74) is 3.03. The van der Waals surface area contributed by atoms with Gasteiger partial charge in [0.05, 0.1) is 41.3 Å². The number of unbranched alkanes of at least 4 members (excludes halogenated alkanes) is 18. The molecule has 0 aliphatic carbocycles. The fourth-order valence-corrected chi connectivity index (χ4v) is 6.03. The molecule has 1 atom stereocenters. The maximum atomic E-state index is 9.45. The number of aliphatic hydroxyl groups is 1. The Morgan fingerprint density at radius 1 is 0.591 bits per heavy atom. The highest BCUT2D eigenvalue weighted by Gasteiger charge is 2.18. The summed E-state index contributed by atoms with van der Waals surface area (Å²) in [6.07, 6.45) is 27.2. The van der Waals surface area contributed by atoms with Crippen molar-refractivity contribution in [3.63, 3.8) is 0 Å². The lowest BCUT2D eigenvalue weighted by Crippen LogP contribution is -2.40. The summed E-state index contributed by atoms with van der Waals surface area (Å²) >= 11 is 0. The quantitative estimate of drug-likeness (QED) is 0.0760. The van der Waals surface area contributed by atoms with Crippen LogP contribution in [0.3, 0.4) is 0 Å². The second-order valence-electron chi connectivity index (χ2n) is 14.8. The van der Waals surface area contributed by atoms with E-state index in [1.807, 2.05) is 0 Å². The van der Waals surface area contributed by atoms with Crippen LogP contribution in [0.2, 0.25) is 0 Å². The average Bonchev–Trinajstić information content (AvgIpc) is 2.95. The minimum atomic E-state index is -1.23. The first-order chi connectivity index (χ1) is 20.9. The van der Waals surface area contributed by atoms with Crippen molar-refractivity contribution in [3.8, 4) is 0 Å². The van der Waals surface area contributed by atoms with Gasteiger partial charge in [-0.1, -0.05) is 135 Å². The minimum Gasteiger partial charge on any atom is -0.479 e. The van der Waals surface area contributed by atoms with Gasteiger partial charge in [-0.05, 0) is 38.7 Å². The molecule has 0 saturated heterocycles. The summed E-state index contributed by atoms with van der Waals surface area (Å²) in [5.74, 6) is -1.19. The van der Waals surface area contributed by atoms with Crippen LogP contribution in [-0.2, 0) is 17.9 Å². The largest absolute Gasteiger partial charge is 0.479 e. The van der Waals surface area contributed by atoms with E-state index in [1.165, 1.54) is 160 Å². The number of hydrogen-bond acceptors (Lipinski definition) is 2. The Kier molecular flexibility index (Phi) is 25.9. The molecule has 0 aliphatic heterocycles. The molecular formula is C39H76N2O3+2. The van der Waals surface area contributed by atoms with Gasteiger partial charge < -0.3 is 19.2 Å². The van der Waals surface area contributed by atoms with Crippen LogP contribution in [0.15, 0.2) is 24.3 Å². The Hall–Kier alpha value is -1.43. The number of benzene rings is 1. The van der Waals surface area contributed by atoms with Gasteiger partial charge in [0.15, 0.2) is 0 Å². The van der Waals surface area contributed by atoms with Crippen molar-refractivity contribution in [1.29, 1.82) is 0 Å². The van der Waals surface area contributed by atoms with E-state index in [2.05, 4.69) is 66.3 Å². The van der Waals surface area contributed by atoms with Gasteiger partial charge in [-0.3, -0.25) is 0 Å². The van der Waals surface area contributed by atoms with E-state index in [0.717, 1.165) is 22.1 Å². The highest BCUT2D eigenvalue weighted by Crippen LogP contribution is 2.18. The number of rotatable bonds is 27. The molecule has 0 aliphatic rings. The molecule has 0 amide bonds. The number of carbonyl (C=O) groups is 1. The van der Waals surface area contributed by atoms with Crippen LogP contribution in [0.25, 0.3) is 0 Å². The Labute approximate surface area is 274 Å². The van der Waals surface area contributed by atoms with Crippen LogP contribution in [0.1, 0.15) is 160 Å². The molecule has 0 saturated carbocycles. The van der Waals surface area contributed by atoms with Crippen LogP contribution in [0.4, 0.5) is 0 Å². The normalized spacial score (nSPS) is 12.5. The van der Waals surface area contributed by atoms with Crippen LogP contribution >= 0.6 is 0 Å². The maximum Gasteiger partial charge on any atom is 0.332 e. The van der Waals surface area contributed by atoms with Gasteiger partial charge in [0.25, 0.3) is 0 Å². The summed E-state index contributed by atoms with van der Waals surface area (Å²) in [6, 6.07) is 9.50. The second-order valence-corrected chi connectivity index (χ2v) is 14.8. The minimum absolute atomic E-state index is 1.11. The average molecular weight is 621 g/mol. The van der Waals surface area contributed by atoms with Gasteiger partial charge in [-0.2, -0.15) is 0 Å². The third-order valence-corrected chi connectivity index (χ3v) is 8.80. The van der Waals surface area contributed by atoms with Crippen molar-refractivity contribution in [2.24, 2.45) is 0 Å². The Morgan fingerprint density at radius 2 is 0.864 bits per heavy atom. The lowest BCUT2D eigenvalue weighted by atomic mass is 10.1. The molecule has 258 valence electrons. The molecule has 0 spiro atoms. The van der Waals surface area contributed by atoms with E-state index in [0.29, 0.717) is 0 Å². The van der Waals surface area contributed by atoms with Crippen LogP contribution < -0.4 is 0 Å². The molecule has 1 aromatic rings. The molecular weight excluding hydrogens is 544 g/mol. The van der Waals surface area contributed by atoms with E-state index in [1.54, 1.807) is 0 Å². The molecule has 1 rings (SSSR count). The van der Waals surface area contributed by atoms with Crippen molar-refractivity contribution in [3.05, 3.63) is 35.4 Å². The van der Waals surface area contributed by atoms with Gasteiger partial charge in [0.2, 0.25) is 0 Å². The van der Waals surface area contributed by atoms with Gasteiger partial charge in [0, 0.05) is 11.1 Å². The fourth-order valence-electron chi connectivity index (χ4n) is 6.03. The molecule has 0 radical (unpaired) electrons. The molecule has 44 heavy (non-hydrogen) atoms. The van der Waals surface area contributed by atoms with Crippen molar-refractivity contribution >= 4 is 5.97 Å². The molecule has 0 fully saturated rings. The third kappa shape index (κ3) is 26.9. The van der Waals surface area contributed by atoms with E-state index in [9.17, 15) is 4.79 Å². The standard InChI is InChI=1S/C36H70N2.C3H6O3/c1-7-9-11-13-15-17-19-21-23-25-30-37(3,4)33-35-28-27-29-36(32-35)34-38(5,6)31-26-24-22-20-18-16-14-12-10-8-2;1-2(4)3(5)6/h27-29,32H,7-26,30-31,33-34H2,1-6H3;2,4H,1H3,(H,5,6)/q+2;. The Morgan fingerprint density at radius 3 is 1.14 bits per heavy atom. The van der Waals surface area contributed by atoms with Crippen LogP contribution in [-0.4, -0.2) is 72.5 Å². The molecule has 1 aromatic carbocycles. The molecule has 1 unspecified atom stereocenters. The monoisotopic (exact) mass is 621 g/mol. The Bertz CT molecular complexity index is 753. The number of carboxylic acids is 1. The number of aliphatic carboxylic acids is 1. The van der Waals surface area contributed by atoms with E-state index in [-0.39, 0.29) is 0 Å². The van der Waals surface area contributed by atoms with Crippen molar-refractivity contribution < 1.29 is 24.0 Å². The predicted molar refractivity (Wildman–Crippen MR) is 191 cm³/mol. The maximum absolute atomic E-state index is 9.45. The molecule has 0 bridgehead atoms. The van der Waals surface area contributed by atoms with Crippen molar-refractivity contribution in [1.82, 2.24) is 0 Å². The zero-order valence-corrected chi connectivity index (χ0v) is 30.6. The zero-order valence-electron chi connectivity index (χ0n) is 30.6. The Balaban J connectivity index is 0.00000278. The highest BCUT2D eigenvalue weighted by molar-refractivity contribution is 5.71. The second kappa shape index (κ2) is 26.8. The van der Waals surface area contributed by atoms with Gasteiger partial charge in [-0.25, -0.2) is 4.79 Å². The summed E-state index contributed by atoms with van der Waals surface area (Å²) in [5, 5.41) is 15.8. The number of carboxylic acid groups (broad SMARTS) is 1. The van der Waals surface area contributed by atoms with Gasteiger partial charge in [-0.15, -0.1) is 0 Å². The first-order valence-corrected chi connectivity index (χ1v) is 18.5. The highest BCUT2D eigenvalue weighted by atomic mass is 16.4. The first kappa shape index (κ1) is 42.6. The SMILES string of the molecule is CC(O)C(=O)O.CCCCCCCCCCCC[N+](C)(C)Cc1cccc(C[N+](C)(C)CCCCCCCCCCCC)c1. The number of hydrogen-bond donors (Lipinski definition) is 2. The lowest BCUT2D eigenvalue weighted by Gasteiger charge is -2.31. The van der Waals surface area contributed by atoms with Gasteiger partial charge in [0.1, 0.15) is 19.2 Å². The lowest BCUT2D eigenvalue weighted by molar-refractivity contribution is -0.904. The molecule has 0 aromatic heterocycles. The first-order valence-electron chi connectivity index (χ1n) is 18.5. The number of aliphatic hydroxyl groups excluding tert-OH is 1. The van der Waals surface area contributed by atoms with Gasteiger partial charge >= 0.3 is 5.97 Å². The summed E-state index contributed by atoms with van der Waals surface area (Å²) in [7, 11) is 9.69. The topological polar surface area (TPSA) is 57.5 Å². The smallest absolute Gasteiger partial charge is 0.332 e. The predicted octanol–water partition coefficient (Wildman–Crippen LogP) is 10.1. The summed E-state index contributed by atoms with van der Waals surface area (Å²) in [6.45, 7) is 10.7. The molecule has 0 heterocycles. The third-order valence-electron chi connectivity index (χ3n) is 8.80. The number of nitrogens with zero attached hydrogens (tertiary/aromatic N) is 2.